The second-order valence-electron chi connectivity index (χ2n) is 11.3. The maximum absolute atomic E-state index is 14.1. The van der Waals surface area contributed by atoms with Crippen LogP contribution in [0, 0.1) is 11.3 Å². The van der Waals surface area contributed by atoms with E-state index >= 15 is 0 Å². The molecular formula is C29H36ClF3N4O4. The molecule has 41 heavy (non-hydrogen) atoms. The number of carbonyl (C=O) groups excluding carboxylic acids is 2. The summed E-state index contributed by atoms with van der Waals surface area (Å²) in [6.07, 6.45) is -1.99. The van der Waals surface area contributed by atoms with E-state index in [4.69, 9.17) is 16.3 Å². The van der Waals surface area contributed by atoms with Crippen LogP contribution in [0.5, 0.6) is 5.75 Å². The highest BCUT2D eigenvalue weighted by molar-refractivity contribution is 6.32. The largest absolute Gasteiger partial charge is 0.497 e. The first-order valence-corrected chi connectivity index (χ1v) is 14.0. The molecule has 0 bridgehead atoms. The number of pyridine rings is 1. The summed E-state index contributed by atoms with van der Waals surface area (Å²) in [5.74, 6) is -0.622. The Morgan fingerprint density at radius 1 is 1.24 bits per heavy atom. The van der Waals surface area contributed by atoms with E-state index < -0.39 is 23.2 Å². The predicted octanol–water partition coefficient (Wildman–Crippen LogP) is 4.79. The second kappa shape index (κ2) is 11.7. The van der Waals surface area contributed by atoms with Crippen LogP contribution in [0.25, 0.3) is 0 Å². The molecule has 1 aliphatic heterocycles. The minimum atomic E-state index is -5.22. The zero-order valence-corrected chi connectivity index (χ0v) is 24.3. The van der Waals surface area contributed by atoms with Crippen molar-refractivity contribution in [3.63, 3.8) is 0 Å². The van der Waals surface area contributed by atoms with Crippen molar-refractivity contribution in [3.05, 3.63) is 52.7 Å². The number of rotatable bonds is 9. The van der Waals surface area contributed by atoms with Gasteiger partial charge in [-0.15, -0.1) is 0 Å². The summed E-state index contributed by atoms with van der Waals surface area (Å²) in [7, 11) is 2.59. The van der Waals surface area contributed by atoms with Crippen molar-refractivity contribution < 1.29 is 32.6 Å². The lowest BCUT2D eigenvalue weighted by Gasteiger charge is -2.35. The molecule has 224 valence electrons. The topological polar surface area (TPSA) is 95.0 Å². The van der Waals surface area contributed by atoms with E-state index in [0.29, 0.717) is 17.8 Å². The molecule has 8 nitrogen and oxygen atoms in total. The Labute approximate surface area is 242 Å². The van der Waals surface area contributed by atoms with Crippen LogP contribution in [-0.2, 0) is 10.4 Å². The molecule has 2 N–H and O–H groups in total. The number of methoxy groups -OCH3 is 1. The molecule has 2 heterocycles. The molecule has 1 spiro atoms. The Bertz CT molecular complexity index is 1280. The number of anilines is 1. The number of aromatic nitrogens is 1. The van der Waals surface area contributed by atoms with Crippen LogP contribution in [0.4, 0.5) is 19.0 Å². The van der Waals surface area contributed by atoms with Crippen molar-refractivity contribution in [2.24, 2.45) is 11.3 Å². The summed E-state index contributed by atoms with van der Waals surface area (Å²) in [6, 6.07) is 8.28. The molecule has 2 unspecified atom stereocenters. The number of amides is 2. The lowest BCUT2D eigenvalue weighted by atomic mass is 9.89. The Balaban J connectivity index is 1.34. The average Bonchev–Trinajstić information content (AvgIpc) is 3.60. The first-order valence-electron chi connectivity index (χ1n) is 13.6. The number of aliphatic hydroxyl groups is 1. The molecule has 1 saturated carbocycles. The molecule has 1 saturated heterocycles. The minimum absolute atomic E-state index is 0.0234. The van der Waals surface area contributed by atoms with Gasteiger partial charge in [0.1, 0.15) is 16.7 Å². The van der Waals surface area contributed by atoms with E-state index in [9.17, 15) is 27.9 Å². The third kappa shape index (κ3) is 6.25. The van der Waals surface area contributed by atoms with Crippen LogP contribution in [0.1, 0.15) is 55.5 Å². The highest BCUT2D eigenvalue weighted by atomic mass is 35.5. The van der Waals surface area contributed by atoms with Crippen LogP contribution >= 0.6 is 11.6 Å². The second-order valence-corrected chi connectivity index (χ2v) is 11.7. The lowest BCUT2D eigenvalue weighted by molar-refractivity contribution is -0.261. The standard InChI is InChI=1S/C29H36ClF3N4O4/c1-18(2)34-25(38)22-8-9-23(35-24(22)30)37-14-11-27(12-15-37)17-20(27)10-13-36(3)26(39)28(40,29(31,32)33)19-6-5-7-21(16-19)41-4/h5-9,16,18,20,40H,10-15,17H2,1-4H3,(H,34,38). The van der Waals surface area contributed by atoms with Crippen molar-refractivity contribution in [3.8, 4) is 5.75 Å². The van der Waals surface area contributed by atoms with E-state index in [1.54, 1.807) is 12.1 Å². The van der Waals surface area contributed by atoms with Crippen molar-refractivity contribution in [1.29, 1.82) is 0 Å². The number of benzene rings is 1. The van der Waals surface area contributed by atoms with E-state index in [0.717, 1.165) is 49.4 Å². The zero-order chi connectivity index (χ0) is 30.2. The van der Waals surface area contributed by atoms with Gasteiger partial charge in [-0.05, 0) is 75.1 Å². The van der Waals surface area contributed by atoms with E-state index in [1.807, 2.05) is 13.8 Å². The fraction of sp³-hybridized carbons (Fsp3) is 0.552. The number of piperidine rings is 1. The average molecular weight is 597 g/mol. The van der Waals surface area contributed by atoms with Crippen molar-refractivity contribution in [2.45, 2.75) is 57.3 Å². The van der Waals surface area contributed by atoms with Crippen molar-refractivity contribution >= 4 is 29.2 Å². The maximum Gasteiger partial charge on any atom is 0.430 e. The SMILES string of the molecule is COc1cccc(C(O)(C(=O)N(C)CCC2CC23CCN(c2ccc(C(=O)NC(C)C)c(Cl)n2)CC3)C(F)(F)F)c1. The highest BCUT2D eigenvalue weighted by Crippen LogP contribution is 2.61. The quantitative estimate of drug-likeness (QED) is 0.405. The minimum Gasteiger partial charge on any atom is -0.497 e. The molecule has 2 aromatic rings. The highest BCUT2D eigenvalue weighted by Gasteiger charge is 2.62. The molecule has 12 heteroatoms. The van der Waals surface area contributed by atoms with Gasteiger partial charge in [-0.2, -0.15) is 13.2 Å². The number of ether oxygens (including phenoxy) is 1. The number of alkyl halides is 3. The Morgan fingerprint density at radius 3 is 2.51 bits per heavy atom. The van der Waals surface area contributed by atoms with Gasteiger partial charge in [0.05, 0.1) is 12.7 Å². The van der Waals surface area contributed by atoms with Gasteiger partial charge < -0.3 is 25.0 Å². The number of hydrogen-bond donors (Lipinski definition) is 2. The molecule has 4 rings (SSSR count). The number of hydrogen-bond acceptors (Lipinski definition) is 6. The summed E-state index contributed by atoms with van der Waals surface area (Å²) < 4.78 is 47.2. The lowest BCUT2D eigenvalue weighted by Crippen LogP contribution is -2.55. The molecule has 1 aromatic heterocycles. The summed E-state index contributed by atoms with van der Waals surface area (Å²) >= 11 is 6.30. The normalized spacial score (nSPS) is 19.6. The molecule has 2 atom stereocenters. The van der Waals surface area contributed by atoms with Crippen LogP contribution in [0.2, 0.25) is 5.15 Å². The molecule has 1 aromatic carbocycles. The Kier molecular flexibility index (Phi) is 8.80. The van der Waals surface area contributed by atoms with E-state index in [2.05, 4.69) is 15.2 Å². The van der Waals surface area contributed by atoms with Crippen molar-refractivity contribution in [2.75, 3.05) is 38.7 Å². The molecule has 1 aliphatic carbocycles. The monoisotopic (exact) mass is 596 g/mol. The zero-order valence-electron chi connectivity index (χ0n) is 23.6. The van der Waals surface area contributed by atoms with Gasteiger partial charge in [0.25, 0.3) is 17.4 Å². The number of likely N-dealkylation sites (N-methyl/N-ethyl adjacent to an activating group) is 1. The van der Waals surface area contributed by atoms with Crippen LogP contribution in [-0.4, -0.2) is 72.8 Å². The fourth-order valence-electron chi connectivity index (χ4n) is 5.73. The van der Waals surface area contributed by atoms with Crippen LogP contribution in [0.3, 0.4) is 0 Å². The van der Waals surface area contributed by atoms with Crippen LogP contribution < -0.4 is 15.0 Å². The smallest absolute Gasteiger partial charge is 0.430 e. The maximum atomic E-state index is 14.1. The number of nitrogens with one attached hydrogen (secondary N) is 1. The van der Waals surface area contributed by atoms with Gasteiger partial charge in [0.2, 0.25) is 0 Å². The Morgan fingerprint density at radius 2 is 1.93 bits per heavy atom. The summed E-state index contributed by atoms with van der Waals surface area (Å²) in [5, 5.41) is 13.7. The van der Waals surface area contributed by atoms with Gasteiger partial charge in [0.15, 0.2) is 0 Å². The first-order chi connectivity index (χ1) is 19.2. The van der Waals surface area contributed by atoms with Gasteiger partial charge in [-0.3, -0.25) is 9.59 Å². The number of carbonyl (C=O) groups is 2. The van der Waals surface area contributed by atoms with E-state index in [1.165, 1.54) is 26.3 Å². The third-order valence-electron chi connectivity index (χ3n) is 8.31. The van der Waals surface area contributed by atoms with Gasteiger partial charge in [-0.1, -0.05) is 23.7 Å². The number of nitrogens with zero attached hydrogens (tertiary/aromatic N) is 3. The summed E-state index contributed by atoms with van der Waals surface area (Å²) in [5.41, 5.74) is -3.86. The number of halogens is 4. The first kappa shape index (κ1) is 30.9. The van der Waals surface area contributed by atoms with Gasteiger partial charge >= 0.3 is 6.18 Å². The van der Waals surface area contributed by atoms with Crippen molar-refractivity contribution in [1.82, 2.24) is 15.2 Å². The predicted molar refractivity (Wildman–Crippen MR) is 149 cm³/mol. The third-order valence-corrected chi connectivity index (χ3v) is 8.60. The Hall–Kier alpha value is -3.05. The fourth-order valence-corrected chi connectivity index (χ4v) is 5.96. The van der Waals surface area contributed by atoms with Gasteiger partial charge in [0, 0.05) is 38.3 Å². The molecular weight excluding hydrogens is 561 g/mol. The summed E-state index contributed by atoms with van der Waals surface area (Å²) in [4.78, 5) is 32.8. The van der Waals surface area contributed by atoms with E-state index in [-0.39, 0.29) is 40.7 Å². The summed E-state index contributed by atoms with van der Waals surface area (Å²) in [6.45, 7) is 5.28. The van der Waals surface area contributed by atoms with Crippen LogP contribution in [0.15, 0.2) is 36.4 Å². The molecule has 2 fully saturated rings. The molecule has 2 aliphatic rings. The molecule has 2 amide bonds. The molecule has 0 radical (unpaired) electrons. The van der Waals surface area contributed by atoms with Gasteiger partial charge in [-0.25, -0.2) is 4.98 Å².